The predicted molar refractivity (Wildman–Crippen MR) is 149 cm³/mol. The van der Waals surface area contributed by atoms with Crippen molar-refractivity contribution in [2.75, 3.05) is 11.5 Å². The topological polar surface area (TPSA) is 170 Å². The first-order valence-corrected chi connectivity index (χ1v) is 14.4. The van der Waals surface area contributed by atoms with Crippen molar-refractivity contribution < 1.29 is 31.1 Å². The van der Waals surface area contributed by atoms with Gasteiger partial charge in [0.15, 0.2) is 5.65 Å². The molecule has 2 aliphatic heterocycles. The summed E-state index contributed by atoms with van der Waals surface area (Å²) in [6.07, 6.45) is -4.60. The number of carbonyl (C=O) groups excluding carboxylic acids is 1. The van der Waals surface area contributed by atoms with E-state index in [4.69, 9.17) is 22.2 Å². The van der Waals surface area contributed by atoms with E-state index in [0.29, 0.717) is 41.6 Å². The molecule has 0 spiro atoms. The number of hydrogen-bond donors (Lipinski definition) is 4. The molecule has 1 saturated carbocycles. The van der Waals surface area contributed by atoms with Crippen molar-refractivity contribution >= 4 is 23.2 Å². The van der Waals surface area contributed by atoms with Gasteiger partial charge in [-0.3, -0.25) is 14.9 Å². The number of pyridine rings is 1. The van der Waals surface area contributed by atoms with Crippen LogP contribution in [0.4, 0.5) is 38.0 Å². The number of halogens is 6. The molecule has 4 aromatic rings. The van der Waals surface area contributed by atoms with E-state index in [1.54, 1.807) is 0 Å². The molecule has 0 unspecified atom stereocenters. The van der Waals surface area contributed by atoms with Crippen LogP contribution in [0.1, 0.15) is 77.8 Å². The highest BCUT2D eigenvalue weighted by atomic mass is 19.4. The van der Waals surface area contributed by atoms with Crippen LogP contribution in [-0.2, 0) is 5.54 Å². The van der Waals surface area contributed by atoms with Crippen molar-refractivity contribution in [1.82, 2.24) is 34.7 Å². The lowest BCUT2D eigenvalue weighted by molar-refractivity contribution is -0.303. The number of alkyl halides is 6. The van der Waals surface area contributed by atoms with Crippen LogP contribution in [0.2, 0.25) is 0 Å². The Labute approximate surface area is 251 Å². The fourth-order valence-electron chi connectivity index (χ4n) is 6.91. The number of aromatic amines is 1. The van der Waals surface area contributed by atoms with Crippen LogP contribution in [0.15, 0.2) is 30.6 Å². The van der Waals surface area contributed by atoms with Crippen molar-refractivity contribution in [1.29, 1.82) is 0 Å². The Bertz CT molecular complexity index is 1760. The summed E-state index contributed by atoms with van der Waals surface area (Å²) < 4.78 is 82.5. The number of aromatic nitrogens is 6. The summed E-state index contributed by atoms with van der Waals surface area (Å²) in [5, 5.41) is 10.9. The van der Waals surface area contributed by atoms with Crippen molar-refractivity contribution in [3.8, 4) is 11.1 Å². The smallest absolute Gasteiger partial charge is 0.383 e. The standard InChI is InChI=1S/C28H28F6N10O/c29-27(30,31)26(37,28(32,33)34)19-6-3-13(10-38-19)17-11-39-44-23(36)21(12-1-2-12)22(40-24(17)44)14-7-15-4-5-16(8-14)43(15)25(45)18-9-20(35)42-41-18/h3,6,9-12,14-16H,1-2,4-5,7-8,36-37H2,(H3,35,41,42)/t14-,15+,16-. The summed E-state index contributed by atoms with van der Waals surface area (Å²) in [5.41, 5.74) is 14.1. The number of piperidine rings is 1. The van der Waals surface area contributed by atoms with Crippen LogP contribution in [0, 0.1) is 0 Å². The molecule has 2 saturated heterocycles. The zero-order valence-electron chi connectivity index (χ0n) is 23.5. The Morgan fingerprint density at radius 2 is 1.60 bits per heavy atom. The van der Waals surface area contributed by atoms with E-state index >= 15 is 0 Å². The molecular formula is C28H28F6N10O. The zero-order valence-corrected chi connectivity index (χ0v) is 23.5. The van der Waals surface area contributed by atoms with E-state index in [9.17, 15) is 31.1 Å². The summed E-state index contributed by atoms with van der Waals surface area (Å²) in [7, 11) is 0. The first-order chi connectivity index (χ1) is 21.2. The Balaban J connectivity index is 1.25. The van der Waals surface area contributed by atoms with Gasteiger partial charge in [-0.05, 0) is 50.5 Å². The summed E-state index contributed by atoms with van der Waals surface area (Å²) in [4.78, 5) is 23.7. The van der Waals surface area contributed by atoms with Gasteiger partial charge in [0.05, 0.1) is 17.6 Å². The molecule has 4 aromatic heterocycles. The Morgan fingerprint density at radius 1 is 0.933 bits per heavy atom. The number of H-pyrrole nitrogens is 1. The van der Waals surface area contributed by atoms with E-state index < -0.39 is 23.6 Å². The quantitative estimate of drug-likeness (QED) is 0.234. The van der Waals surface area contributed by atoms with E-state index in [-0.39, 0.29) is 41.2 Å². The van der Waals surface area contributed by atoms with Crippen LogP contribution in [0.5, 0.6) is 0 Å². The third-order valence-electron chi connectivity index (χ3n) is 9.29. The van der Waals surface area contributed by atoms with Crippen molar-refractivity contribution in [2.45, 2.75) is 80.3 Å². The highest BCUT2D eigenvalue weighted by Gasteiger charge is 2.70. The molecule has 45 heavy (non-hydrogen) atoms. The van der Waals surface area contributed by atoms with Gasteiger partial charge < -0.3 is 22.1 Å². The lowest BCUT2D eigenvalue weighted by Crippen LogP contribution is -2.61. The molecule has 3 fully saturated rings. The third kappa shape index (κ3) is 4.49. The SMILES string of the molecule is Nc1cc(C(=O)N2[C@@H]3CC[C@H]2C[C@@H](c2nc4c(-c5ccc(C(N)(C(F)(F)F)C(F)(F)F)nc5)cnn4c(N)c2C2CC2)C3)[nH]n1. The van der Waals surface area contributed by atoms with Gasteiger partial charge >= 0.3 is 12.4 Å². The molecule has 11 nitrogen and oxygen atoms in total. The monoisotopic (exact) mass is 634 g/mol. The molecule has 7 N–H and O–H groups in total. The molecule has 0 aromatic carbocycles. The minimum Gasteiger partial charge on any atom is -0.383 e. The molecule has 3 atom stereocenters. The Morgan fingerprint density at radius 3 is 2.13 bits per heavy atom. The molecule has 17 heteroatoms. The van der Waals surface area contributed by atoms with Gasteiger partial charge in [0.25, 0.3) is 11.4 Å². The van der Waals surface area contributed by atoms with E-state index in [1.807, 2.05) is 4.90 Å². The molecule has 2 bridgehead atoms. The molecule has 1 amide bonds. The predicted octanol–water partition coefficient (Wildman–Crippen LogP) is 4.39. The maximum Gasteiger partial charge on any atom is 0.421 e. The average Bonchev–Trinajstić information content (AvgIpc) is 3.47. The molecule has 0 radical (unpaired) electrons. The molecule has 1 aliphatic carbocycles. The van der Waals surface area contributed by atoms with E-state index in [1.165, 1.54) is 16.8 Å². The lowest BCUT2D eigenvalue weighted by Gasteiger charge is -2.39. The lowest BCUT2D eigenvalue weighted by atomic mass is 9.85. The number of carbonyl (C=O) groups is 1. The van der Waals surface area contributed by atoms with Crippen LogP contribution >= 0.6 is 0 Å². The summed E-state index contributed by atoms with van der Waals surface area (Å²) in [5.74, 6) is 0.593. The number of fused-ring (bicyclic) bond motifs is 3. The van der Waals surface area contributed by atoms with Crippen molar-refractivity contribution in [3.05, 3.63) is 53.2 Å². The largest absolute Gasteiger partial charge is 0.421 e. The fraction of sp³-hybridized carbons (Fsp3) is 0.464. The maximum absolute atomic E-state index is 13.5. The molecule has 7 rings (SSSR count). The highest BCUT2D eigenvalue weighted by Crippen LogP contribution is 2.51. The van der Waals surface area contributed by atoms with Gasteiger partial charge in [0.2, 0.25) is 0 Å². The van der Waals surface area contributed by atoms with Gasteiger partial charge in [-0.15, -0.1) is 0 Å². The van der Waals surface area contributed by atoms with Crippen LogP contribution in [-0.4, -0.2) is 65.0 Å². The number of nitrogens with zero attached hydrogens (tertiary/aromatic N) is 6. The minimum atomic E-state index is -5.83. The molecule has 3 aliphatic rings. The van der Waals surface area contributed by atoms with Crippen molar-refractivity contribution in [2.24, 2.45) is 5.73 Å². The Hall–Kier alpha value is -4.41. The number of nitrogens with one attached hydrogen (secondary N) is 1. The first kappa shape index (κ1) is 29.3. The number of nitrogen functional groups attached to an aromatic ring is 2. The Kier molecular flexibility index (Phi) is 6.38. The molecular weight excluding hydrogens is 606 g/mol. The summed E-state index contributed by atoms with van der Waals surface area (Å²) in [6, 6.07) is 3.11. The second kappa shape index (κ2) is 9.79. The average molecular weight is 635 g/mol. The number of nitrogens with two attached hydrogens (primary N) is 3. The number of anilines is 2. The van der Waals surface area contributed by atoms with Gasteiger partial charge in [-0.2, -0.15) is 41.1 Å². The third-order valence-corrected chi connectivity index (χ3v) is 9.29. The summed E-state index contributed by atoms with van der Waals surface area (Å²) >= 11 is 0. The summed E-state index contributed by atoms with van der Waals surface area (Å²) in [6.45, 7) is 0. The second-order valence-electron chi connectivity index (χ2n) is 12.1. The zero-order chi connectivity index (χ0) is 32.1. The van der Waals surface area contributed by atoms with E-state index in [0.717, 1.165) is 49.2 Å². The first-order valence-electron chi connectivity index (χ1n) is 14.4. The number of rotatable bonds is 5. The van der Waals surface area contributed by atoms with Gasteiger partial charge in [-0.1, -0.05) is 6.07 Å². The van der Waals surface area contributed by atoms with E-state index in [2.05, 4.69) is 20.3 Å². The molecule has 238 valence electrons. The maximum atomic E-state index is 13.5. The molecule has 6 heterocycles. The van der Waals surface area contributed by atoms with Gasteiger partial charge in [-0.25, -0.2) is 4.98 Å². The van der Waals surface area contributed by atoms with Gasteiger partial charge in [0.1, 0.15) is 17.3 Å². The number of hydrogen-bond acceptors (Lipinski definition) is 8. The number of amides is 1. The minimum absolute atomic E-state index is 0.0408. The fourth-order valence-corrected chi connectivity index (χ4v) is 6.91. The van der Waals surface area contributed by atoms with Crippen LogP contribution in [0.3, 0.4) is 0 Å². The second-order valence-corrected chi connectivity index (χ2v) is 12.1. The van der Waals surface area contributed by atoms with Gasteiger partial charge in [0, 0.05) is 47.0 Å². The van der Waals surface area contributed by atoms with Crippen molar-refractivity contribution in [3.63, 3.8) is 0 Å². The van der Waals surface area contributed by atoms with Crippen LogP contribution < -0.4 is 17.2 Å². The normalized spacial score (nSPS) is 22.4. The highest BCUT2D eigenvalue weighted by molar-refractivity contribution is 5.93. The van der Waals surface area contributed by atoms with Crippen LogP contribution in [0.25, 0.3) is 16.8 Å².